The van der Waals surface area contributed by atoms with E-state index in [0.29, 0.717) is 17.2 Å². The molecule has 0 aliphatic heterocycles. The smallest absolute Gasteiger partial charge is 0.277 e. The summed E-state index contributed by atoms with van der Waals surface area (Å²) in [4.78, 5) is 11.7. The number of rotatable bonds is 7. The van der Waals surface area contributed by atoms with Crippen molar-refractivity contribution in [2.75, 3.05) is 20.8 Å². The highest BCUT2D eigenvalue weighted by molar-refractivity contribution is 5.83. The van der Waals surface area contributed by atoms with Gasteiger partial charge in [0.25, 0.3) is 5.91 Å². The van der Waals surface area contributed by atoms with Gasteiger partial charge in [-0.1, -0.05) is 18.2 Å². The van der Waals surface area contributed by atoms with Crippen LogP contribution in [0.1, 0.15) is 11.1 Å². The van der Waals surface area contributed by atoms with Gasteiger partial charge in [-0.15, -0.1) is 0 Å². The Labute approximate surface area is 141 Å². The van der Waals surface area contributed by atoms with Gasteiger partial charge in [0.05, 0.1) is 20.4 Å². The monoisotopic (exact) mass is 328 g/mol. The Kier molecular flexibility index (Phi) is 6.19. The fourth-order valence-electron chi connectivity index (χ4n) is 2.01. The minimum atomic E-state index is -0.338. The molecule has 0 aromatic heterocycles. The van der Waals surface area contributed by atoms with E-state index in [2.05, 4.69) is 10.5 Å². The Morgan fingerprint density at radius 1 is 1.08 bits per heavy atom. The van der Waals surface area contributed by atoms with Crippen LogP contribution in [0.2, 0.25) is 0 Å². The molecule has 1 amide bonds. The van der Waals surface area contributed by atoms with Gasteiger partial charge in [0, 0.05) is 0 Å². The van der Waals surface area contributed by atoms with Gasteiger partial charge in [-0.25, -0.2) is 5.43 Å². The van der Waals surface area contributed by atoms with Crippen molar-refractivity contribution in [1.29, 1.82) is 0 Å². The number of hydrogen-bond acceptors (Lipinski definition) is 5. The molecular weight excluding hydrogens is 308 g/mol. The summed E-state index contributed by atoms with van der Waals surface area (Å²) >= 11 is 0. The van der Waals surface area contributed by atoms with Gasteiger partial charge in [0.15, 0.2) is 18.1 Å². The third-order valence-corrected chi connectivity index (χ3v) is 3.26. The van der Waals surface area contributed by atoms with Crippen molar-refractivity contribution >= 4 is 12.1 Å². The van der Waals surface area contributed by atoms with Crippen LogP contribution in [-0.4, -0.2) is 32.9 Å². The predicted octanol–water partition coefficient (Wildman–Crippen LogP) is 2.54. The zero-order valence-electron chi connectivity index (χ0n) is 13.9. The van der Waals surface area contributed by atoms with Crippen molar-refractivity contribution in [3.63, 3.8) is 0 Å². The Morgan fingerprint density at radius 2 is 1.83 bits per heavy atom. The molecule has 0 aliphatic rings. The van der Waals surface area contributed by atoms with Crippen molar-refractivity contribution in [1.82, 2.24) is 5.43 Å². The largest absolute Gasteiger partial charge is 0.493 e. The fourth-order valence-corrected chi connectivity index (χ4v) is 2.01. The fraction of sp³-hybridized carbons (Fsp3) is 0.222. The van der Waals surface area contributed by atoms with E-state index >= 15 is 0 Å². The summed E-state index contributed by atoms with van der Waals surface area (Å²) in [6, 6.07) is 12.8. The Bertz CT molecular complexity index is 729. The number of amides is 1. The van der Waals surface area contributed by atoms with Crippen LogP contribution in [0.25, 0.3) is 0 Å². The van der Waals surface area contributed by atoms with Crippen molar-refractivity contribution in [3.8, 4) is 17.2 Å². The maximum absolute atomic E-state index is 11.7. The summed E-state index contributed by atoms with van der Waals surface area (Å²) in [5, 5.41) is 3.91. The quantitative estimate of drug-likeness (QED) is 0.626. The average Bonchev–Trinajstić information content (AvgIpc) is 2.61. The zero-order chi connectivity index (χ0) is 17.4. The van der Waals surface area contributed by atoms with Gasteiger partial charge in [-0.05, 0) is 42.3 Å². The van der Waals surface area contributed by atoms with E-state index < -0.39 is 0 Å². The van der Waals surface area contributed by atoms with Gasteiger partial charge in [0.2, 0.25) is 0 Å². The molecule has 126 valence electrons. The number of ether oxygens (including phenoxy) is 3. The van der Waals surface area contributed by atoms with E-state index in [1.165, 1.54) is 6.21 Å². The minimum absolute atomic E-state index is 0.103. The molecule has 6 heteroatoms. The molecule has 0 spiro atoms. The lowest BCUT2D eigenvalue weighted by molar-refractivity contribution is -0.123. The van der Waals surface area contributed by atoms with Gasteiger partial charge in [-0.3, -0.25) is 4.79 Å². The van der Waals surface area contributed by atoms with Gasteiger partial charge >= 0.3 is 0 Å². The van der Waals surface area contributed by atoms with Crippen molar-refractivity contribution in [3.05, 3.63) is 53.6 Å². The molecule has 0 bridgehead atoms. The van der Waals surface area contributed by atoms with Gasteiger partial charge in [-0.2, -0.15) is 5.10 Å². The zero-order valence-corrected chi connectivity index (χ0v) is 13.9. The number of hydrazone groups is 1. The second-order valence-electron chi connectivity index (χ2n) is 4.96. The summed E-state index contributed by atoms with van der Waals surface area (Å²) in [7, 11) is 3.13. The summed E-state index contributed by atoms with van der Waals surface area (Å²) < 4.78 is 15.8. The first-order chi connectivity index (χ1) is 11.6. The maximum atomic E-state index is 11.7. The second kappa shape index (κ2) is 8.57. The topological polar surface area (TPSA) is 69.2 Å². The number of hydrogen-bond donors (Lipinski definition) is 1. The molecule has 24 heavy (non-hydrogen) atoms. The molecule has 0 heterocycles. The molecule has 1 N–H and O–H groups in total. The molecule has 0 atom stereocenters. The van der Waals surface area contributed by atoms with E-state index in [-0.39, 0.29) is 12.5 Å². The standard InChI is InChI=1S/C18H20N2O4/c1-13-6-4-5-7-15(13)24-12-18(21)20-19-11-14-8-9-16(22-2)17(10-14)23-3/h4-11H,12H2,1-3H3,(H,20,21). The van der Waals surface area contributed by atoms with Crippen molar-refractivity contribution < 1.29 is 19.0 Å². The summed E-state index contributed by atoms with van der Waals surface area (Å²) in [6.07, 6.45) is 1.52. The molecule has 0 aliphatic carbocycles. The molecule has 2 aromatic carbocycles. The molecule has 0 unspecified atom stereocenters. The molecule has 2 rings (SSSR count). The van der Waals surface area contributed by atoms with Crippen LogP contribution in [0.3, 0.4) is 0 Å². The first-order valence-electron chi connectivity index (χ1n) is 7.36. The number of nitrogens with one attached hydrogen (secondary N) is 1. The summed E-state index contributed by atoms with van der Waals surface area (Å²) in [5.41, 5.74) is 4.16. The summed E-state index contributed by atoms with van der Waals surface area (Å²) in [6.45, 7) is 1.82. The number of methoxy groups -OCH3 is 2. The van der Waals surface area contributed by atoms with Crippen molar-refractivity contribution in [2.24, 2.45) is 5.10 Å². The van der Waals surface area contributed by atoms with Crippen LogP contribution in [0.5, 0.6) is 17.2 Å². The number of carbonyl (C=O) groups excluding carboxylic acids is 1. The normalized spacial score (nSPS) is 10.5. The van der Waals surface area contributed by atoms with Crippen LogP contribution in [-0.2, 0) is 4.79 Å². The van der Waals surface area contributed by atoms with Gasteiger partial charge < -0.3 is 14.2 Å². The maximum Gasteiger partial charge on any atom is 0.277 e. The van der Waals surface area contributed by atoms with E-state index in [9.17, 15) is 4.79 Å². The molecule has 0 fully saturated rings. The third-order valence-electron chi connectivity index (χ3n) is 3.26. The van der Waals surface area contributed by atoms with Crippen molar-refractivity contribution in [2.45, 2.75) is 6.92 Å². The minimum Gasteiger partial charge on any atom is -0.493 e. The first-order valence-corrected chi connectivity index (χ1v) is 7.36. The highest BCUT2D eigenvalue weighted by Gasteiger charge is 2.04. The number of nitrogens with zero attached hydrogens (tertiary/aromatic N) is 1. The molecule has 2 aromatic rings. The highest BCUT2D eigenvalue weighted by Crippen LogP contribution is 2.26. The number of carbonyl (C=O) groups is 1. The Balaban J connectivity index is 1.87. The molecule has 0 saturated carbocycles. The Morgan fingerprint density at radius 3 is 2.54 bits per heavy atom. The van der Waals surface area contributed by atoms with Crippen LogP contribution < -0.4 is 19.6 Å². The lowest BCUT2D eigenvalue weighted by Crippen LogP contribution is -2.24. The number of para-hydroxylation sites is 1. The Hall–Kier alpha value is -3.02. The van der Waals surface area contributed by atoms with E-state index in [1.54, 1.807) is 32.4 Å². The lowest BCUT2D eigenvalue weighted by atomic mass is 10.2. The number of benzene rings is 2. The van der Waals surface area contributed by atoms with E-state index in [4.69, 9.17) is 14.2 Å². The predicted molar refractivity (Wildman–Crippen MR) is 92.0 cm³/mol. The highest BCUT2D eigenvalue weighted by atomic mass is 16.5. The molecule has 0 saturated heterocycles. The van der Waals surface area contributed by atoms with Crippen LogP contribution >= 0.6 is 0 Å². The van der Waals surface area contributed by atoms with E-state index in [0.717, 1.165) is 11.1 Å². The first kappa shape index (κ1) is 17.3. The van der Waals surface area contributed by atoms with Crippen LogP contribution in [0, 0.1) is 6.92 Å². The third kappa shape index (κ3) is 4.74. The summed E-state index contributed by atoms with van der Waals surface area (Å²) in [5.74, 6) is 1.56. The van der Waals surface area contributed by atoms with Crippen LogP contribution in [0.4, 0.5) is 0 Å². The number of aryl methyl sites for hydroxylation is 1. The average molecular weight is 328 g/mol. The van der Waals surface area contributed by atoms with Crippen LogP contribution in [0.15, 0.2) is 47.6 Å². The molecule has 0 radical (unpaired) electrons. The lowest BCUT2D eigenvalue weighted by Gasteiger charge is -2.08. The molecular formula is C18H20N2O4. The van der Waals surface area contributed by atoms with Gasteiger partial charge in [0.1, 0.15) is 5.75 Å². The van der Waals surface area contributed by atoms with E-state index in [1.807, 2.05) is 31.2 Å². The SMILES string of the molecule is COc1ccc(C=NNC(=O)COc2ccccc2C)cc1OC. The second-order valence-corrected chi connectivity index (χ2v) is 4.96. The molecule has 6 nitrogen and oxygen atoms in total.